The van der Waals surface area contributed by atoms with E-state index in [0.29, 0.717) is 45.2 Å². The summed E-state index contributed by atoms with van der Waals surface area (Å²) in [4.78, 5) is 48.5. The van der Waals surface area contributed by atoms with Gasteiger partial charge in [0.2, 0.25) is 0 Å². The molecule has 4 aromatic rings. The standard InChI is InChI=1S/C33H29N3O6S/c1-5-42-32(39)26-19(2)34-33-36(28(26)21-15-16-24(40-3)25(17-21)41-4)31(38)29(43-33)27-22-13-9-10-14-23(22)35(30(27)37)18-20-11-7-6-8-12-20/h6-17,28H,5,18H2,1-4H3/b29-27-/t28-/m1/s1. The van der Waals surface area contributed by atoms with Crippen molar-refractivity contribution in [2.45, 2.75) is 26.4 Å². The van der Waals surface area contributed by atoms with Crippen molar-refractivity contribution in [3.8, 4) is 11.5 Å². The van der Waals surface area contributed by atoms with Crippen LogP contribution in [0.15, 0.2) is 93.9 Å². The Morgan fingerprint density at radius 3 is 2.40 bits per heavy atom. The van der Waals surface area contributed by atoms with Crippen LogP contribution >= 0.6 is 11.3 Å². The Morgan fingerprint density at radius 2 is 1.67 bits per heavy atom. The van der Waals surface area contributed by atoms with E-state index >= 15 is 0 Å². The van der Waals surface area contributed by atoms with Crippen molar-refractivity contribution in [2.75, 3.05) is 25.7 Å². The molecule has 0 unspecified atom stereocenters. The number of ether oxygens (including phenoxy) is 3. The number of fused-ring (bicyclic) bond motifs is 2. The molecule has 3 aromatic carbocycles. The number of para-hydroxylation sites is 1. The highest BCUT2D eigenvalue weighted by Gasteiger charge is 2.37. The van der Waals surface area contributed by atoms with Crippen LogP contribution in [0.25, 0.3) is 5.57 Å². The Labute approximate surface area is 251 Å². The number of anilines is 1. The van der Waals surface area contributed by atoms with Gasteiger partial charge in [0.05, 0.1) is 55.9 Å². The molecule has 9 nitrogen and oxygen atoms in total. The molecule has 0 fully saturated rings. The number of benzene rings is 3. The predicted molar refractivity (Wildman–Crippen MR) is 163 cm³/mol. The number of carbonyl (C=O) groups excluding carboxylic acids is 2. The molecular formula is C33H29N3O6S. The molecular weight excluding hydrogens is 566 g/mol. The lowest BCUT2D eigenvalue weighted by Crippen LogP contribution is -2.41. The average molecular weight is 596 g/mol. The number of hydrogen-bond acceptors (Lipinski definition) is 8. The minimum atomic E-state index is -0.864. The second kappa shape index (κ2) is 11.4. The second-order valence-corrected chi connectivity index (χ2v) is 11.0. The Bertz CT molecular complexity index is 1980. The van der Waals surface area contributed by atoms with E-state index in [0.717, 1.165) is 22.6 Å². The quantitative estimate of drug-likeness (QED) is 0.302. The van der Waals surface area contributed by atoms with Gasteiger partial charge in [-0.15, -0.1) is 0 Å². The molecule has 1 amide bonds. The molecule has 0 aliphatic carbocycles. The summed E-state index contributed by atoms with van der Waals surface area (Å²) in [6.07, 6.45) is 0. The third-order valence-electron chi connectivity index (χ3n) is 7.55. The highest BCUT2D eigenvalue weighted by atomic mass is 32.1. The van der Waals surface area contributed by atoms with Crippen molar-refractivity contribution in [1.29, 1.82) is 0 Å². The van der Waals surface area contributed by atoms with Crippen molar-refractivity contribution >= 4 is 34.5 Å². The fourth-order valence-corrected chi connectivity index (χ4v) is 6.74. The van der Waals surface area contributed by atoms with Crippen LogP contribution in [0.3, 0.4) is 0 Å². The molecule has 10 heteroatoms. The van der Waals surface area contributed by atoms with E-state index in [4.69, 9.17) is 14.2 Å². The van der Waals surface area contributed by atoms with Crippen molar-refractivity contribution in [1.82, 2.24) is 4.57 Å². The first-order valence-corrected chi connectivity index (χ1v) is 14.6. The van der Waals surface area contributed by atoms with Gasteiger partial charge in [-0.2, -0.15) is 0 Å². The van der Waals surface area contributed by atoms with Crippen LogP contribution in [-0.2, 0) is 20.9 Å². The zero-order valence-corrected chi connectivity index (χ0v) is 24.9. The van der Waals surface area contributed by atoms with E-state index in [9.17, 15) is 14.4 Å². The van der Waals surface area contributed by atoms with Gasteiger partial charge in [-0.1, -0.05) is 65.9 Å². The van der Waals surface area contributed by atoms with Gasteiger partial charge in [0, 0.05) is 5.56 Å². The first-order valence-electron chi connectivity index (χ1n) is 13.8. The SMILES string of the molecule is CCOC(=O)C1=C(C)N=c2s/c(=C3\C(=O)N(Cc4ccccc4)c4ccccc43)c(=O)n2[C@@H]1c1ccc(OC)c(OC)c1. The van der Waals surface area contributed by atoms with Gasteiger partial charge in [-0.3, -0.25) is 14.2 Å². The molecule has 218 valence electrons. The number of amides is 1. The van der Waals surface area contributed by atoms with Crippen LogP contribution in [0, 0.1) is 0 Å². The van der Waals surface area contributed by atoms with Crippen LogP contribution in [0.1, 0.15) is 36.6 Å². The maximum Gasteiger partial charge on any atom is 0.338 e. The monoisotopic (exact) mass is 595 g/mol. The first-order chi connectivity index (χ1) is 20.9. The highest BCUT2D eigenvalue weighted by molar-refractivity contribution is 7.07. The highest BCUT2D eigenvalue weighted by Crippen LogP contribution is 2.38. The van der Waals surface area contributed by atoms with Crippen LogP contribution in [0.4, 0.5) is 5.69 Å². The molecule has 6 rings (SSSR count). The van der Waals surface area contributed by atoms with E-state index in [1.807, 2.05) is 54.6 Å². The molecule has 3 heterocycles. The molecule has 1 aromatic heterocycles. The molecule has 2 aliphatic rings. The average Bonchev–Trinajstić information content (AvgIpc) is 3.48. The fraction of sp³-hybridized carbons (Fsp3) is 0.212. The third kappa shape index (κ3) is 4.73. The number of methoxy groups -OCH3 is 2. The van der Waals surface area contributed by atoms with E-state index in [2.05, 4.69) is 4.99 Å². The maximum absolute atomic E-state index is 14.4. The molecule has 2 aliphatic heterocycles. The predicted octanol–water partition coefficient (Wildman–Crippen LogP) is 3.73. The zero-order valence-electron chi connectivity index (χ0n) is 24.1. The van der Waals surface area contributed by atoms with Gasteiger partial charge < -0.3 is 19.1 Å². The number of esters is 1. The van der Waals surface area contributed by atoms with Gasteiger partial charge in [0.15, 0.2) is 16.3 Å². The Morgan fingerprint density at radius 1 is 0.953 bits per heavy atom. The fourth-order valence-electron chi connectivity index (χ4n) is 5.60. The molecule has 43 heavy (non-hydrogen) atoms. The number of hydrogen-bond donors (Lipinski definition) is 0. The molecule has 0 radical (unpaired) electrons. The number of carbonyl (C=O) groups is 2. The Hall–Kier alpha value is -4.96. The number of thiazole rings is 1. The molecule has 0 N–H and O–H groups in total. The number of aromatic nitrogens is 1. The van der Waals surface area contributed by atoms with Crippen molar-refractivity contribution in [3.63, 3.8) is 0 Å². The molecule has 1 atom stereocenters. The van der Waals surface area contributed by atoms with Crippen molar-refractivity contribution in [2.24, 2.45) is 4.99 Å². The molecule has 0 saturated heterocycles. The maximum atomic E-state index is 14.4. The summed E-state index contributed by atoms with van der Waals surface area (Å²) in [5.74, 6) is 0.113. The zero-order chi connectivity index (χ0) is 30.2. The van der Waals surface area contributed by atoms with E-state index < -0.39 is 17.6 Å². The second-order valence-electron chi connectivity index (χ2n) is 10.0. The third-order valence-corrected chi connectivity index (χ3v) is 8.60. The lowest BCUT2D eigenvalue weighted by atomic mass is 9.95. The number of rotatable bonds is 7. The van der Waals surface area contributed by atoms with Gasteiger partial charge in [-0.25, -0.2) is 9.79 Å². The van der Waals surface area contributed by atoms with Gasteiger partial charge in [-0.05, 0) is 43.2 Å². The van der Waals surface area contributed by atoms with Crippen LogP contribution in [0.5, 0.6) is 11.5 Å². The lowest BCUT2D eigenvalue weighted by Gasteiger charge is -2.25. The summed E-state index contributed by atoms with van der Waals surface area (Å²) in [5, 5.41) is 0. The van der Waals surface area contributed by atoms with E-state index in [1.54, 1.807) is 36.9 Å². The molecule has 0 saturated carbocycles. The minimum absolute atomic E-state index is 0.158. The normalized spacial score (nSPS) is 16.9. The summed E-state index contributed by atoms with van der Waals surface area (Å²) in [6, 6.07) is 21.6. The van der Waals surface area contributed by atoms with E-state index in [-0.39, 0.29) is 22.6 Å². The van der Waals surface area contributed by atoms with Crippen molar-refractivity contribution < 1.29 is 23.8 Å². The number of allylic oxidation sites excluding steroid dienone is 1. The largest absolute Gasteiger partial charge is 0.493 e. The van der Waals surface area contributed by atoms with Gasteiger partial charge in [0.1, 0.15) is 4.53 Å². The van der Waals surface area contributed by atoms with Crippen LogP contribution < -0.4 is 29.3 Å². The van der Waals surface area contributed by atoms with Gasteiger partial charge in [0.25, 0.3) is 11.5 Å². The number of nitrogens with zero attached hydrogens (tertiary/aromatic N) is 3. The molecule has 0 spiro atoms. The minimum Gasteiger partial charge on any atom is -0.493 e. The summed E-state index contributed by atoms with van der Waals surface area (Å²) < 4.78 is 18.1. The smallest absolute Gasteiger partial charge is 0.338 e. The Balaban J connectivity index is 1.59. The summed E-state index contributed by atoms with van der Waals surface area (Å²) >= 11 is 1.14. The lowest BCUT2D eigenvalue weighted by molar-refractivity contribution is -0.139. The summed E-state index contributed by atoms with van der Waals surface area (Å²) in [7, 11) is 3.06. The van der Waals surface area contributed by atoms with Crippen molar-refractivity contribution in [3.05, 3.63) is 120 Å². The van der Waals surface area contributed by atoms with Gasteiger partial charge >= 0.3 is 5.97 Å². The molecule has 0 bridgehead atoms. The van der Waals surface area contributed by atoms with Crippen LogP contribution in [0.2, 0.25) is 0 Å². The summed E-state index contributed by atoms with van der Waals surface area (Å²) in [5.41, 5.74) is 3.56. The van der Waals surface area contributed by atoms with E-state index in [1.165, 1.54) is 18.8 Å². The van der Waals surface area contributed by atoms with Crippen LogP contribution in [-0.4, -0.2) is 37.3 Å². The first kappa shape index (κ1) is 28.2. The topological polar surface area (TPSA) is 99.4 Å². The summed E-state index contributed by atoms with van der Waals surface area (Å²) in [6.45, 7) is 3.96. The Kier molecular flexibility index (Phi) is 7.45.